The number of hydrogen-bond acceptors (Lipinski definition) is 6. The van der Waals surface area contributed by atoms with E-state index in [0.29, 0.717) is 21.7 Å². The van der Waals surface area contributed by atoms with Crippen LogP contribution in [0, 0.1) is 6.92 Å². The average Bonchev–Trinajstić information content (AvgIpc) is 3.36. The normalized spacial score (nSPS) is 11.3. The van der Waals surface area contributed by atoms with E-state index in [1.54, 1.807) is 17.3 Å². The van der Waals surface area contributed by atoms with Gasteiger partial charge in [-0.25, -0.2) is 9.97 Å². The van der Waals surface area contributed by atoms with Crippen LogP contribution >= 0.6 is 34.3 Å². The molecule has 8 heteroatoms. The Hall–Kier alpha value is -2.87. The number of thiazole rings is 2. The summed E-state index contributed by atoms with van der Waals surface area (Å²) in [5.41, 5.74) is 3.57. The van der Waals surface area contributed by atoms with Crippen LogP contribution in [0.15, 0.2) is 60.9 Å². The Bertz CT molecular complexity index is 1350. The van der Waals surface area contributed by atoms with Gasteiger partial charge in [0.15, 0.2) is 10.1 Å². The Morgan fingerprint density at radius 1 is 1.07 bits per heavy atom. The van der Waals surface area contributed by atoms with Gasteiger partial charge in [-0.1, -0.05) is 41.1 Å². The zero-order valence-corrected chi connectivity index (χ0v) is 18.3. The molecule has 0 unspecified atom stereocenters. The molecule has 30 heavy (non-hydrogen) atoms. The number of halogens is 1. The van der Waals surface area contributed by atoms with Crippen molar-refractivity contribution in [3.05, 3.63) is 82.1 Å². The predicted octanol–water partition coefficient (Wildman–Crippen LogP) is 6.11. The van der Waals surface area contributed by atoms with Gasteiger partial charge in [-0.2, -0.15) is 0 Å². The van der Waals surface area contributed by atoms with Crippen LogP contribution < -0.4 is 4.90 Å². The minimum Gasteiger partial charge on any atom is -0.277 e. The minimum atomic E-state index is -0.178. The lowest BCUT2D eigenvalue weighted by atomic mass is 10.2. The van der Waals surface area contributed by atoms with Crippen molar-refractivity contribution in [3.8, 4) is 0 Å². The summed E-state index contributed by atoms with van der Waals surface area (Å²) in [5.74, 6) is -0.178. The number of carbonyl (C=O) groups excluding carboxylic acids is 1. The molecule has 0 spiro atoms. The molecular weight excluding hydrogens is 436 g/mol. The first-order valence-electron chi connectivity index (χ1n) is 9.21. The molecule has 0 aliphatic carbocycles. The number of anilines is 1. The van der Waals surface area contributed by atoms with E-state index in [9.17, 15) is 4.79 Å². The van der Waals surface area contributed by atoms with Gasteiger partial charge >= 0.3 is 0 Å². The predicted molar refractivity (Wildman–Crippen MR) is 124 cm³/mol. The van der Waals surface area contributed by atoms with Crippen molar-refractivity contribution in [2.75, 3.05) is 4.90 Å². The second kappa shape index (κ2) is 7.75. The van der Waals surface area contributed by atoms with Gasteiger partial charge in [-0.15, -0.1) is 11.3 Å². The Kier molecular flexibility index (Phi) is 4.94. The minimum absolute atomic E-state index is 0.178. The highest BCUT2D eigenvalue weighted by Crippen LogP contribution is 2.35. The van der Waals surface area contributed by atoms with Crippen LogP contribution in [-0.4, -0.2) is 20.9 Å². The Labute approximate surface area is 185 Å². The van der Waals surface area contributed by atoms with Gasteiger partial charge in [-0.3, -0.25) is 14.7 Å². The Balaban J connectivity index is 1.61. The van der Waals surface area contributed by atoms with Crippen LogP contribution in [0.3, 0.4) is 0 Å². The molecule has 148 valence electrons. The maximum atomic E-state index is 13.5. The Morgan fingerprint density at radius 2 is 1.93 bits per heavy atom. The number of pyridine rings is 1. The van der Waals surface area contributed by atoms with E-state index in [-0.39, 0.29) is 5.91 Å². The summed E-state index contributed by atoms with van der Waals surface area (Å²) in [6.45, 7) is 2.33. The number of aromatic nitrogens is 3. The summed E-state index contributed by atoms with van der Waals surface area (Å²) >= 11 is 9.07. The van der Waals surface area contributed by atoms with Crippen LogP contribution in [-0.2, 0) is 6.54 Å². The highest BCUT2D eigenvalue weighted by molar-refractivity contribution is 7.23. The number of benzene rings is 2. The van der Waals surface area contributed by atoms with Gasteiger partial charge in [0, 0.05) is 17.4 Å². The molecule has 0 N–H and O–H groups in total. The average molecular weight is 451 g/mol. The fourth-order valence-electron chi connectivity index (χ4n) is 3.24. The van der Waals surface area contributed by atoms with E-state index in [1.807, 2.05) is 55.5 Å². The maximum absolute atomic E-state index is 13.5. The zero-order chi connectivity index (χ0) is 20.7. The van der Waals surface area contributed by atoms with Crippen LogP contribution in [0.2, 0.25) is 5.02 Å². The fraction of sp³-hybridized carbons (Fsp3) is 0.0909. The largest absolute Gasteiger partial charge is 0.289 e. The number of hydrogen-bond donors (Lipinski definition) is 0. The second-order valence-electron chi connectivity index (χ2n) is 6.81. The van der Waals surface area contributed by atoms with Crippen LogP contribution in [0.25, 0.3) is 20.4 Å². The molecule has 0 aliphatic rings. The number of carbonyl (C=O) groups is 1. The summed E-state index contributed by atoms with van der Waals surface area (Å²) in [6, 6.07) is 15.3. The van der Waals surface area contributed by atoms with Gasteiger partial charge in [0.2, 0.25) is 0 Å². The molecule has 0 aliphatic heterocycles. The number of aryl methyl sites for hydroxylation is 1. The van der Waals surface area contributed by atoms with E-state index in [1.165, 1.54) is 22.7 Å². The molecule has 5 aromatic rings. The number of rotatable bonds is 4. The highest BCUT2D eigenvalue weighted by Gasteiger charge is 2.25. The summed E-state index contributed by atoms with van der Waals surface area (Å²) in [4.78, 5) is 28.7. The smallest absolute Gasteiger partial charge is 0.277 e. The topological polar surface area (TPSA) is 59.0 Å². The number of nitrogens with zero attached hydrogens (tertiary/aromatic N) is 4. The van der Waals surface area contributed by atoms with Gasteiger partial charge in [0.05, 0.1) is 27.0 Å². The van der Waals surface area contributed by atoms with E-state index in [4.69, 9.17) is 16.6 Å². The standard InChI is InChI=1S/C22H15ClN4OS2/c1-13-9-15(23)10-18-19(13)26-22(30-18)27(12-14-5-4-8-24-11-14)21(28)20-25-16-6-2-3-7-17(16)29-20/h2-11H,12H2,1H3. The molecule has 5 rings (SSSR count). The molecule has 5 nitrogen and oxygen atoms in total. The van der Waals surface area contributed by atoms with E-state index < -0.39 is 0 Å². The molecule has 0 saturated heterocycles. The molecule has 3 heterocycles. The fourth-order valence-corrected chi connectivity index (χ4v) is 5.57. The zero-order valence-electron chi connectivity index (χ0n) is 15.9. The van der Waals surface area contributed by atoms with Crippen molar-refractivity contribution in [2.24, 2.45) is 0 Å². The quantitative estimate of drug-likeness (QED) is 0.331. The van der Waals surface area contributed by atoms with Gasteiger partial charge in [0.1, 0.15) is 0 Å². The van der Waals surface area contributed by atoms with E-state index >= 15 is 0 Å². The molecule has 0 atom stereocenters. The van der Waals surface area contributed by atoms with Gasteiger partial charge < -0.3 is 0 Å². The summed E-state index contributed by atoms with van der Waals surface area (Å²) in [5, 5.41) is 1.71. The van der Waals surface area contributed by atoms with Crippen molar-refractivity contribution in [1.82, 2.24) is 15.0 Å². The second-order valence-corrected chi connectivity index (χ2v) is 9.28. The molecule has 0 fully saturated rings. The highest BCUT2D eigenvalue weighted by atomic mass is 35.5. The first-order valence-corrected chi connectivity index (χ1v) is 11.2. The monoisotopic (exact) mass is 450 g/mol. The summed E-state index contributed by atoms with van der Waals surface area (Å²) in [7, 11) is 0. The number of amides is 1. The van der Waals surface area contributed by atoms with Crippen molar-refractivity contribution in [2.45, 2.75) is 13.5 Å². The SMILES string of the molecule is Cc1cc(Cl)cc2sc(N(Cc3cccnc3)C(=O)c3nc4ccccc4s3)nc12. The van der Waals surface area contributed by atoms with Crippen LogP contribution in [0.5, 0.6) is 0 Å². The van der Waals surface area contributed by atoms with Crippen LogP contribution in [0.4, 0.5) is 5.13 Å². The molecule has 0 radical (unpaired) electrons. The van der Waals surface area contributed by atoms with Crippen molar-refractivity contribution >= 4 is 65.7 Å². The first-order chi connectivity index (χ1) is 14.6. The third-order valence-electron chi connectivity index (χ3n) is 4.66. The van der Waals surface area contributed by atoms with Crippen molar-refractivity contribution < 1.29 is 4.79 Å². The molecule has 0 bridgehead atoms. The molecular formula is C22H15ClN4OS2. The van der Waals surface area contributed by atoms with E-state index in [0.717, 1.165) is 31.6 Å². The number of fused-ring (bicyclic) bond motifs is 2. The molecule has 0 saturated carbocycles. The van der Waals surface area contributed by atoms with E-state index in [2.05, 4.69) is 9.97 Å². The summed E-state index contributed by atoms with van der Waals surface area (Å²) < 4.78 is 1.93. The number of para-hydroxylation sites is 1. The first kappa shape index (κ1) is 19.1. The maximum Gasteiger partial charge on any atom is 0.289 e. The Morgan fingerprint density at radius 3 is 2.73 bits per heavy atom. The third kappa shape index (κ3) is 3.56. The van der Waals surface area contributed by atoms with Crippen molar-refractivity contribution in [3.63, 3.8) is 0 Å². The molecule has 2 aromatic carbocycles. The van der Waals surface area contributed by atoms with Gasteiger partial charge in [0.25, 0.3) is 5.91 Å². The molecule has 1 amide bonds. The lowest BCUT2D eigenvalue weighted by Crippen LogP contribution is -2.30. The van der Waals surface area contributed by atoms with Crippen LogP contribution in [0.1, 0.15) is 20.9 Å². The lowest BCUT2D eigenvalue weighted by Gasteiger charge is -2.18. The van der Waals surface area contributed by atoms with Crippen molar-refractivity contribution in [1.29, 1.82) is 0 Å². The third-order valence-corrected chi connectivity index (χ3v) is 6.92. The van der Waals surface area contributed by atoms with Gasteiger partial charge in [-0.05, 0) is 48.4 Å². The lowest BCUT2D eigenvalue weighted by molar-refractivity contribution is 0.0985. The summed E-state index contributed by atoms with van der Waals surface area (Å²) in [6.07, 6.45) is 3.47. The molecule has 3 aromatic heterocycles.